The van der Waals surface area contributed by atoms with E-state index in [1.165, 1.54) is 12.3 Å². The summed E-state index contributed by atoms with van der Waals surface area (Å²) in [6.07, 6.45) is 4.89. The van der Waals surface area contributed by atoms with Crippen LogP contribution in [0.4, 0.5) is 69.7 Å². The van der Waals surface area contributed by atoms with Gasteiger partial charge in [-0.3, -0.25) is 43.3 Å². The average Bonchev–Trinajstić information content (AvgIpc) is 0.745. The minimum atomic E-state index is -6.81. The van der Waals surface area contributed by atoms with Crippen molar-refractivity contribution in [2.24, 2.45) is 0 Å². The molecule has 8 aromatic rings. The Balaban J connectivity index is 0.000000739. The number of rotatable bonds is 29. The average molecular weight is 1870 g/mol. The molecular formula is C75H78F12N7NaO26S4. The van der Waals surface area contributed by atoms with Gasteiger partial charge in [-0.25, -0.2) is 15.0 Å². The molecule has 4 aromatic carbocycles. The van der Waals surface area contributed by atoms with Crippen molar-refractivity contribution in [1.82, 2.24) is 19.9 Å². The minimum absolute atomic E-state index is 0. The first-order valence-corrected chi connectivity index (χ1v) is 40.9. The van der Waals surface area contributed by atoms with Crippen LogP contribution in [-0.2, 0) is 84.8 Å². The van der Waals surface area contributed by atoms with E-state index in [1.54, 1.807) is 46.9 Å². The van der Waals surface area contributed by atoms with E-state index in [-0.39, 0.29) is 147 Å². The van der Waals surface area contributed by atoms with Gasteiger partial charge in [0.1, 0.15) is 52.4 Å². The number of pyridine rings is 4. The maximum Gasteiger partial charge on any atom is 1.00 e. The van der Waals surface area contributed by atoms with Gasteiger partial charge in [0, 0.05) is 55.9 Å². The van der Waals surface area contributed by atoms with Crippen molar-refractivity contribution in [3.8, 4) is 34.5 Å². The quantitative estimate of drug-likeness (QED) is 0.00728. The number of ether oxygens (including phenoxy) is 5. The van der Waals surface area contributed by atoms with Crippen molar-refractivity contribution in [3.05, 3.63) is 210 Å². The second-order valence-electron chi connectivity index (χ2n) is 23.8. The number of Topliss-reactive ketones (excluding diaryl/α,β-unsaturated/α-hetero) is 4. The number of aromatic nitrogens is 4. The first kappa shape index (κ1) is 111. The molecule has 0 saturated carbocycles. The van der Waals surface area contributed by atoms with Crippen molar-refractivity contribution in [2.45, 2.75) is 122 Å². The molecule has 8 rings (SSSR count). The monoisotopic (exact) mass is 1870 g/mol. The number of para-hydroxylation sites is 3. The fraction of sp³-hybridized carbons (Fsp3) is 0.307. The van der Waals surface area contributed by atoms with Crippen molar-refractivity contribution >= 4 is 104 Å². The van der Waals surface area contributed by atoms with E-state index in [0.717, 1.165) is 77.7 Å². The number of alkyl halides is 12. The molecule has 0 bridgehead atoms. The summed E-state index contributed by atoms with van der Waals surface area (Å²) >= 11 is 0. The second-order valence-corrected chi connectivity index (χ2v) is 31.4. The molecular weight excluding hydrogens is 1790 g/mol. The van der Waals surface area contributed by atoms with Crippen LogP contribution < -0.4 is 52.6 Å². The van der Waals surface area contributed by atoms with Crippen molar-refractivity contribution in [2.75, 3.05) is 39.6 Å². The Bertz CT molecular complexity index is 4960. The van der Waals surface area contributed by atoms with Crippen LogP contribution in [0.25, 0.3) is 0 Å². The number of hydrogen-bond acceptors (Lipinski definition) is 31. The second kappa shape index (κ2) is 51.5. The van der Waals surface area contributed by atoms with Crippen LogP contribution in [0.15, 0.2) is 170 Å². The molecule has 0 amide bonds. The minimum Gasteiger partial charge on any atom is -0.871 e. The summed E-state index contributed by atoms with van der Waals surface area (Å²) in [5.41, 5.74) is -19.0. The van der Waals surface area contributed by atoms with E-state index in [4.69, 9.17) is 25.4 Å². The van der Waals surface area contributed by atoms with Gasteiger partial charge in [-0.2, -0.15) is 86.4 Å². The van der Waals surface area contributed by atoms with Crippen LogP contribution in [0, 0.1) is 13.8 Å². The van der Waals surface area contributed by atoms with E-state index >= 15 is 0 Å². The summed E-state index contributed by atoms with van der Waals surface area (Å²) in [5.74, 6) is -4.62. The SMILES string of the molecule is CCOC(=O)CCC(=O)c1ncc(C)cc1OCc1ccccc1.CCOC(=O)CCC(=O)c1ncc(C)cc1[O-].CCOC(=O)CCC(=O)c1ncc(O)cc1O.CCOC(=O)CCC(=O)c1ncc(O)cc1O.Nc1ccccc1.O=S(=O)(N(c1ccccc1)S(=O)(=O)C(F)(F)F)C(F)(F)F.O=S(=O)(N(c1ccccc1)S(=O)(=O)C(F)(F)F)C(F)(F)F.[Na+]. The zero-order valence-corrected chi connectivity index (χ0v) is 71.8. The fourth-order valence-corrected chi connectivity index (χ4v) is 14.1. The van der Waals surface area contributed by atoms with E-state index in [2.05, 4.69) is 34.1 Å². The van der Waals surface area contributed by atoms with Crippen molar-refractivity contribution in [3.63, 3.8) is 0 Å². The molecule has 0 radical (unpaired) electrons. The summed E-state index contributed by atoms with van der Waals surface area (Å²) in [6.45, 7) is 11.8. The maximum absolute atomic E-state index is 12.4. The number of esters is 4. The zero-order chi connectivity index (χ0) is 94.4. The third-order valence-electron chi connectivity index (χ3n) is 14.2. The first-order chi connectivity index (χ1) is 57.6. The van der Waals surface area contributed by atoms with Crippen LogP contribution in [-0.4, -0.2) is 170 Å². The molecule has 0 spiro atoms. The summed E-state index contributed by atoms with van der Waals surface area (Å²) in [4.78, 5) is 107. The van der Waals surface area contributed by atoms with Gasteiger partial charge in [0.05, 0.1) is 81.6 Å². The number of nitrogen functional groups attached to an aromatic ring is 1. The van der Waals surface area contributed by atoms with Crippen molar-refractivity contribution < 1.29 is 203 Å². The number of carbonyl (C=O) groups excluding carboxylic acids is 8. The topological polar surface area (TPSA) is 507 Å². The number of sulfonamides is 4. The van der Waals surface area contributed by atoms with Gasteiger partial charge in [-0.05, 0) is 101 Å². The number of nitrogens with two attached hydrogens (primary N) is 1. The van der Waals surface area contributed by atoms with Gasteiger partial charge in [-0.1, -0.05) is 96.7 Å². The number of hydrogen-bond donors (Lipinski definition) is 5. The third-order valence-corrected chi connectivity index (χ3v) is 21.5. The van der Waals surface area contributed by atoms with Crippen LogP contribution in [0.3, 0.4) is 0 Å². The number of carbonyl (C=O) groups is 8. The van der Waals surface area contributed by atoms with E-state index in [9.17, 15) is 140 Å². The largest absolute Gasteiger partial charge is 1.00 e. The standard InChI is InChI=1S/C19H21NO4.C12H15NO4.2C11H13NO5.2C8H5F6NO4S2.C6H7N.Na/c1-3-23-18(22)10-9-16(21)19-17(11-14(2)12-20-19)24-13-15-7-5-4-6-8-15;1-3-17-11(16)5-4-9(14)12-10(15)6-8(2)7-13-12;2*1-2-17-10(16)4-3-8(14)11-9(15)5-7(13)6-12-11;2*9-7(10,11)20(16,17)15(6-4-2-1-3-5-6)21(18,19)8(12,13)14;7-6-4-2-1-3-5-6;/h4-8,11-12H,3,9-10,13H2,1-2H3;6-7,15H,3-5H2,1-2H3;2*5-6,13,15H,2-4H2,1H3;2*1-5H;1-5H,7H2;/q;;;;;;;+1/p-1. The fourth-order valence-electron chi connectivity index (χ4n) is 8.67. The van der Waals surface area contributed by atoms with Crippen LogP contribution in [0.1, 0.15) is 138 Å². The van der Waals surface area contributed by atoms with Crippen LogP contribution >= 0.6 is 0 Å². The van der Waals surface area contributed by atoms with E-state index in [0.29, 0.717) is 48.8 Å². The number of ketones is 4. The number of aryl methyl sites for hydroxylation is 2. The summed E-state index contributed by atoms with van der Waals surface area (Å²) < 4.78 is 260. The molecule has 678 valence electrons. The smallest absolute Gasteiger partial charge is 0.871 e. The Morgan fingerprint density at radius 3 is 0.920 bits per heavy atom. The Labute approximate surface area is 728 Å². The molecule has 0 fully saturated rings. The number of halogens is 12. The van der Waals surface area contributed by atoms with Gasteiger partial charge < -0.3 is 55.0 Å². The molecule has 0 aliphatic rings. The van der Waals surface area contributed by atoms with E-state index in [1.807, 2.05) is 67.6 Å². The molecule has 4 aromatic heterocycles. The molecule has 4 heterocycles. The van der Waals surface area contributed by atoms with Crippen LogP contribution in [0.2, 0.25) is 0 Å². The van der Waals surface area contributed by atoms with Gasteiger partial charge in [0.15, 0.2) is 23.1 Å². The molecule has 50 heteroatoms. The Kier molecular flexibility index (Phi) is 45.8. The van der Waals surface area contributed by atoms with E-state index < -0.39 is 133 Å². The summed E-state index contributed by atoms with van der Waals surface area (Å²) in [7, 11) is -27.2. The summed E-state index contributed by atoms with van der Waals surface area (Å²) in [6, 6.07) is 32.0. The molecule has 0 aliphatic heterocycles. The molecule has 0 atom stereocenters. The van der Waals surface area contributed by atoms with Crippen molar-refractivity contribution in [1.29, 1.82) is 0 Å². The zero-order valence-electron chi connectivity index (χ0n) is 66.6. The van der Waals surface area contributed by atoms with Crippen LogP contribution in [0.5, 0.6) is 34.5 Å². The molecule has 125 heavy (non-hydrogen) atoms. The molecule has 33 nitrogen and oxygen atoms in total. The maximum atomic E-state index is 12.4. The Morgan fingerprint density at radius 1 is 0.384 bits per heavy atom. The molecule has 0 saturated heterocycles. The number of nitrogens with zero attached hydrogens (tertiary/aromatic N) is 6. The van der Waals surface area contributed by atoms with Gasteiger partial charge >= 0.3 is 116 Å². The molecule has 6 N–H and O–H groups in total. The predicted octanol–water partition coefficient (Wildman–Crippen LogP) is 9.18. The Hall–Kier alpha value is -11.8. The van der Waals surface area contributed by atoms with Gasteiger partial charge in [0.25, 0.3) is 0 Å². The number of benzene rings is 4. The predicted molar refractivity (Wildman–Crippen MR) is 413 cm³/mol. The third kappa shape index (κ3) is 36.5. The Morgan fingerprint density at radius 2 is 0.648 bits per heavy atom. The number of anilines is 3. The van der Waals surface area contributed by atoms with Gasteiger partial charge in [-0.15, -0.1) is 7.42 Å². The normalized spacial score (nSPS) is 11.2. The first-order valence-electron chi connectivity index (χ1n) is 35.1. The molecule has 0 aliphatic carbocycles. The molecule has 0 unspecified atom stereocenters. The summed E-state index contributed by atoms with van der Waals surface area (Å²) in [5, 5.41) is 48.2. The number of aromatic hydroxyl groups is 4. The van der Waals surface area contributed by atoms with Gasteiger partial charge in [0.2, 0.25) is 0 Å².